The van der Waals surface area contributed by atoms with Crippen molar-refractivity contribution in [3.8, 4) is 5.75 Å². The Labute approximate surface area is 386 Å². The number of benzene rings is 2. The van der Waals surface area contributed by atoms with Gasteiger partial charge in [0, 0.05) is 90.9 Å². The number of piperidine rings is 1. The summed E-state index contributed by atoms with van der Waals surface area (Å²) in [5.74, 6) is 0.0532. The quantitative estimate of drug-likeness (QED) is 0.128. The minimum atomic E-state index is -4.16. The summed E-state index contributed by atoms with van der Waals surface area (Å²) in [5.41, 5.74) is 0.0512. The van der Waals surface area contributed by atoms with Crippen LogP contribution in [-0.2, 0) is 60.4 Å². The van der Waals surface area contributed by atoms with E-state index < -0.39 is 56.3 Å². The van der Waals surface area contributed by atoms with Crippen LogP contribution in [0.3, 0.4) is 0 Å². The fourth-order valence-electron chi connectivity index (χ4n) is 14.7. The van der Waals surface area contributed by atoms with Gasteiger partial charge in [-0.15, -0.1) is 0 Å². The summed E-state index contributed by atoms with van der Waals surface area (Å²) in [6.07, 6.45) is 10.1. The summed E-state index contributed by atoms with van der Waals surface area (Å²) in [5, 5.41) is 14.5. The van der Waals surface area contributed by atoms with E-state index in [4.69, 9.17) is 23.5 Å². The van der Waals surface area contributed by atoms with Crippen molar-refractivity contribution >= 4 is 44.9 Å². The zero-order chi connectivity index (χ0) is 47.1. The maximum atomic E-state index is 15.5. The highest BCUT2D eigenvalue weighted by Gasteiger charge is 2.80. The number of rotatable bonds is 7. The molecule has 7 aliphatic rings. The van der Waals surface area contributed by atoms with Crippen molar-refractivity contribution in [2.75, 3.05) is 73.1 Å². The number of carbonyl (C=O) groups is 3. The Morgan fingerprint density at radius 2 is 1.65 bits per heavy atom. The van der Waals surface area contributed by atoms with E-state index in [0.29, 0.717) is 49.9 Å². The number of fused-ring (bicyclic) bond motifs is 8. The van der Waals surface area contributed by atoms with E-state index in [2.05, 4.69) is 55.4 Å². The van der Waals surface area contributed by atoms with Crippen molar-refractivity contribution in [1.82, 2.24) is 14.8 Å². The summed E-state index contributed by atoms with van der Waals surface area (Å²) in [6.45, 7) is 7.65. The Kier molecular flexibility index (Phi) is 11.9. The van der Waals surface area contributed by atoms with Crippen LogP contribution in [0.2, 0.25) is 0 Å². The molecule has 0 amide bonds. The van der Waals surface area contributed by atoms with Crippen LogP contribution in [0, 0.1) is 23.2 Å². The molecule has 5 aliphatic heterocycles. The van der Waals surface area contributed by atoms with Gasteiger partial charge < -0.3 is 38.8 Å². The molecule has 66 heavy (non-hydrogen) atoms. The van der Waals surface area contributed by atoms with E-state index in [-0.39, 0.29) is 17.9 Å². The van der Waals surface area contributed by atoms with Crippen molar-refractivity contribution in [3.63, 3.8) is 0 Å². The number of likely N-dealkylation sites (N-methyl/N-ethyl adjacent to an activating group) is 1. The van der Waals surface area contributed by atoms with Crippen LogP contribution >= 0.6 is 0 Å². The van der Waals surface area contributed by atoms with E-state index in [1.807, 2.05) is 31.0 Å². The van der Waals surface area contributed by atoms with Crippen LogP contribution in [0.25, 0.3) is 10.9 Å². The zero-order valence-electron chi connectivity index (χ0n) is 39.0. The Hall–Kier alpha value is -4.52. The topological polar surface area (TPSA) is 197 Å². The predicted molar refractivity (Wildman–Crippen MR) is 245 cm³/mol. The molecule has 358 valence electrons. The zero-order valence-corrected chi connectivity index (χ0v) is 39.8. The summed E-state index contributed by atoms with van der Waals surface area (Å²) >= 11 is 0. The first-order chi connectivity index (χ1) is 31.5. The van der Waals surface area contributed by atoms with Crippen molar-refractivity contribution in [1.29, 1.82) is 0 Å². The first-order valence-corrected chi connectivity index (χ1v) is 24.7. The number of hydrogen-bond donors (Lipinski definition) is 3. The fraction of sp³-hybridized carbons (Fsp3) is 0.612. The van der Waals surface area contributed by atoms with Gasteiger partial charge in [0.15, 0.2) is 6.10 Å². The van der Waals surface area contributed by atoms with Gasteiger partial charge in [-0.05, 0) is 86.1 Å². The van der Waals surface area contributed by atoms with E-state index in [9.17, 15) is 23.1 Å². The number of aromatic amines is 1. The molecule has 2 aromatic carbocycles. The second-order valence-electron chi connectivity index (χ2n) is 19.6. The third kappa shape index (κ3) is 6.68. The second-order valence-corrected chi connectivity index (χ2v) is 20.8. The first-order valence-electron chi connectivity index (χ1n) is 23.3. The number of carbonyl (C=O) groups excluding carboxylic acids is 3. The van der Waals surface area contributed by atoms with Crippen molar-refractivity contribution in [2.24, 2.45) is 23.2 Å². The molecule has 17 heteroatoms. The fourth-order valence-corrected chi connectivity index (χ4v) is 14.7. The molecule has 1 spiro atoms. The number of H-pyrrole nitrogens is 1. The molecule has 2 saturated carbocycles. The summed E-state index contributed by atoms with van der Waals surface area (Å²) in [6, 6.07) is 11.4. The number of para-hydroxylation sites is 1. The third-order valence-corrected chi connectivity index (χ3v) is 17.4. The number of hydrogen-bond acceptors (Lipinski definition) is 14. The van der Waals surface area contributed by atoms with Gasteiger partial charge in [-0.2, -0.15) is 8.42 Å². The maximum absolute atomic E-state index is 15.5. The van der Waals surface area contributed by atoms with Crippen LogP contribution in [0.4, 0.5) is 5.69 Å². The molecule has 16 nitrogen and oxygen atoms in total. The number of nitrogens with zero attached hydrogens (tertiary/aromatic N) is 3. The molecule has 0 radical (unpaired) electrons. The Morgan fingerprint density at radius 1 is 0.939 bits per heavy atom. The lowest BCUT2D eigenvalue weighted by molar-refractivity contribution is -0.228. The van der Waals surface area contributed by atoms with Crippen LogP contribution in [0.5, 0.6) is 5.75 Å². The standard InChI is InChI=1S/C48H60N4O8.CH4O4S/c1-7-45-18-12-20-52-22-19-46(40(45)52)34-23-35(38(57-4)24-37(34)50(3)41(46)48(56,44(55)59-6)42(45)60-28(2)53)47(43(54)58-5)25-30-27-51(26-29-13-8-9-14-31(29)30)21-17-33-32-15-10-11-16-36(32)49-39(33)47;1-5-6(2,3)4/h10-12,15-16,18,23-24,29-31,40-42,49,56H,7-9,13-14,17,19-22,25-27H2,1-6H3;1H3,(H,2,3,4)/t29?,30-,31?,40-,41?,42?,45+,46?,47+,48-;/m0./s1. The summed E-state index contributed by atoms with van der Waals surface area (Å²) < 4.78 is 53.9. The lowest BCUT2D eigenvalue weighted by Crippen LogP contribution is -2.81. The lowest BCUT2D eigenvalue weighted by Gasteiger charge is -2.63. The molecule has 1 aromatic heterocycles. The number of nitrogens with one attached hydrogen (secondary N) is 1. The summed E-state index contributed by atoms with van der Waals surface area (Å²) in [4.78, 5) is 53.9. The van der Waals surface area contributed by atoms with Gasteiger partial charge in [0.2, 0.25) is 5.60 Å². The van der Waals surface area contributed by atoms with Gasteiger partial charge in [0.25, 0.3) is 0 Å². The molecule has 3 aromatic rings. The van der Waals surface area contributed by atoms with Gasteiger partial charge >= 0.3 is 28.3 Å². The van der Waals surface area contributed by atoms with Gasteiger partial charge in [-0.1, -0.05) is 50.1 Å². The molecule has 3 N–H and O–H groups in total. The Bertz CT molecular complexity index is 2560. The van der Waals surface area contributed by atoms with Gasteiger partial charge in [-0.25, -0.2) is 4.79 Å². The highest BCUT2D eigenvalue weighted by Crippen LogP contribution is 2.68. The number of ether oxygens (including phenoxy) is 4. The number of anilines is 1. The normalized spacial score (nSPS) is 35.3. The van der Waals surface area contributed by atoms with Crippen molar-refractivity contribution in [3.05, 3.63) is 70.9 Å². The van der Waals surface area contributed by atoms with Crippen LogP contribution in [0.1, 0.15) is 81.2 Å². The maximum Gasteiger partial charge on any atom is 0.397 e. The highest BCUT2D eigenvalue weighted by molar-refractivity contribution is 7.80. The molecule has 6 unspecified atom stereocenters. The SMILES string of the molecule is CC[C@]12C=CCN3CCC4(c5cc([C@]6(C(=O)OC)C[C@H]7CN(CCc8c6[nH]c6ccccc86)CC6CCCCC67)c(OC)cc5N(C)C4[C@@](O)(C(=O)OC)C1OC(C)=O)[C@@H]32.COS(=O)(=O)O. The van der Waals surface area contributed by atoms with E-state index in [1.54, 1.807) is 7.11 Å². The minimum absolute atomic E-state index is 0.217. The Morgan fingerprint density at radius 3 is 2.33 bits per heavy atom. The highest BCUT2D eigenvalue weighted by atomic mass is 32.3. The van der Waals surface area contributed by atoms with E-state index >= 15 is 4.79 Å². The average molecular weight is 933 g/mol. The molecule has 2 aliphatic carbocycles. The predicted octanol–water partition coefficient (Wildman–Crippen LogP) is 4.70. The van der Waals surface area contributed by atoms with Crippen LogP contribution in [0.15, 0.2) is 48.6 Å². The van der Waals surface area contributed by atoms with Crippen molar-refractivity contribution < 1.29 is 55.6 Å². The number of methoxy groups -OCH3 is 3. The molecule has 2 bridgehead atoms. The van der Waals surface area contributed by atoms with Crippen molar-refractivity contribution in [2.45, 2.75) is 99.8 Å². The monoisotopic (exact) mass is 932 g/mol. The smallest absolute Gasteiger partial charge is 0.397 e. The number of aromatic nitrogens is 1. The van der Waals surface area contributed by atoms with E-state index in [1.165, 1.54) is 40.4 Å². The minimum Gasteiger partial charge on any atom is -0.496 e. The molecule has 4 fully saturated rings. The van der Waals surface area contributed by atoms with Gasteiger partial charge in [-0.3, -0.25) is 23.2 Å². The number of esters is 3. The van der Waals surface area contributed by atoms with Crippen LogP contribution in [-0.4, -0.2) is 143 Å². The molecule has 6 heterocycles. The van der Waals surface area contributed by atoms with E-state index in [0.717, 1.165) is 78.6 Å². The number of aliphatic hydroxyl groups is 1. The molecule has 10 rings (SSSR count). The molecular weight excluding hydrogens is 869 g/mol. The third-order valence-electron chi connectivity index (χ3n) is 17.0. The van der Waals surface area contributed by atoms with Crippen LogP contribution < -0.4 is 9.64 Å². The first kappa shape index (κ1) is 46.6. The molecule has 11 atom stereocenters. The van der Waals surface area contributed by atoms with Gasteiger partial charge in [0.05, 0.1) is 34.5 Å². The largest absolute Gasteiger partial charge is 0.496 e. The molecular formula is C49H64N4O12S. The summed E-state index contributed by atoms with van der Waals surface area (Å²) in [7, 11) is 3.05. The van der Waals surface area contributed by atoms with Gasteiger partial charge in [0.1, 0.15) is 11.2 Å². The average Bonchev–Trinajstić information content (AvgIpc) is 3.98. The molecule has 2 saturated heterocycles. The lowest BCUT2D eigenvalue weighted by atomic mass is 9.47. The Balaban J connectivity index is 0.000000857. The second kappa shape index (κ2) is 16.9.